The molecule has 0 bridgehead atoms. The molecular formula is C17H15Cl2F3N2S. The van der Waals surface area contributed by atoms with Crippen molar-refractivity contribution in [2.45, 2.75) is 19.1 Å². The monoisotopic (exact) mass is 406 g/mol. The Morgan fingerprint density at radius 1 is 0.960 bits per heavy atom. The van der Waals surface area contributed by atoms with Crippen LogP contribution in [-0.2, 0) is 19.1 Å². The highest BCUT2D eigenvalue weighted by Crippen LogP contribution is 2.35. The van der Waals surface area contributed by atoms with Crippen LogP contribution in [0.2, 0.25) is 10.0 Å². The molecule has 0 fully saturated rings. The van der Waals surface area contributed by atoms with Crippen LogP contribution < -0.4 is 10.6 Å². The first-order chi connectivity index (χ1) is 11.8. The highest BCUT2D eigenvalue weighted by molar-refractivity contribution is 7.80. The fourth-order valence-electron chi connectivity index (χ4n) is 2.12. The van der Waals surface area contributed by atoms with Crippen LogP contribution in [0, 0.1) is 0 Å². The van der Waals surface area contributed by atoms with E-state index in [9.17, 15) is 13.2 Å². The molecule has 0 saturated heterocycles. The summed E-state index contributed by atoms with van der Waals surface area (Å²) in [5.41, 5.74) is 0.695. The topological polar surface area (TPSA) is 24.1 Å². The van der Waals surface area contributed by atoms with Crippen LogP contribution in [0.1, 0.15) is 16.7 Å². The molecule has 0 heterocycles. The zero-order chi connectivity index (χ0) is 18.4. The molecule has 2 nitrogen and oxygen atoms in total. The molecule has 0 aromatic heterocycles. The predicted octanol–water partition coefficient (Wildman–Crippen LogP) is 5.22. The Morgan fingerprint density at radius 2 is 1.60 bits per heavy atom. The largest absolute Gasteiger partial charge is 0.417 e. The lowest BCUT2D eigenvalue weighted by molar-refractivity contribution is -0.137. The summed E-state index contributed by atoms with van der Waals surface area (Å²) < 4.78 is 38.5. The summed E-state index contributed by atoms with van der Waals surface area (Å²) in [6, 6.07) is 11.3. The van der Waals surface area contributed by atoms with Gasteiger partial charge in [0.15, 0.2) is 5.11 Å². The molecule has 0 radical (unpaired) electrons. The van der Waals surface area contributed by atoms with Crippen LogP contribution in [0.4, 0.5) is 13.2 Å². The number of thiocarbonyl (C=S) groups is 1. The molecule has 0 saturated carbocycles. The SMILES string of the molecule is FC(F)(F)c1cc(CNC(=S)NCCc2ccc(Cl)cc2)ccc1Cl. The van der Waals surface area contributed by atoms with Crippen molar-refractivity contribution in [2.75, 3.05) is 6.54 Å². The smallest absolute Gasteiger partial charge is 0.362 e. The Kier molecular flexibility index (Phi) is 6.93. The summed E-state index contributed by atoms with van der Waals surface area (Å²) in [7, 11) is 0. The van der Waals surface area contributed by atoms with E-state index in [4.69, 9.17) is 35.4 Å². The number of hydrogen-bond acceptors (Lipinski definition) is 1. The van der Waals surface area contributed by atoms with E-state index < -0.39 is 11.7 Å². The van der Waals surface area contributed by atoms with Gasteiger partial charge in [-0.15, -0.1) is 0 Å². The van der Waals surface area contributed by atoms with E-state index in [2.05, 4.69) is 10.6 Å². The third kappa shape index (κ3) is 6.38. The molecule has 0 aliphatic rings. The molecule has 2 rings (SSSR count). The van der Waals surface area contributed by atoms with E-state index in [1.165, 1.54) is 12.1 Å². The van der Waals surface area contributed by atoms with Gasteiger partial charge in [0.05, 0.1) is 10.6 Å². The van der Waals surface area contributed by atoms with Crippen molar-refractivity contribution in [3.63, 3.8) is 0 Å². The average molecular weight is 407 g/mol. The lowest BCUT2D eigenvalue weighted by atomic mass is 10.1. The highest BCUT2D eigenvalue weighted by Gasteiger charge is 2.33. The van der Waals surface area contributed by atoms with E-state index in [1.54, 1.807) is 0 Å². The standard InChI is InChI=1S/C17H15Cl2F3N2S/c18-13-4-1-11(2-5-13)7-8-23-16(25)24-10-12-3-6-15(19)14(9-12)17(20,21)22/h1-6,9H,7-8,10H2,(H2,23,24,25). The van der Waals surface area contributed by atoms with Crippen molar-refractivity contribution in [1.29, 1.82) is 0 Å². The Morgan fingerprint density at radius 3 is 2.24 bits per heavy atom. The summed E-state index contributed by atoms with van der Waals surface area (Å²) in [4.78, 5) is 0. The highest BCUT2D eigenvalue weighted by atomic mass is 35.5. The Bertz CT molecular complexity index is 734. The van der Waals surface area contributed by atoms with Gasteiger partial charge in [0.2, 0.25) is 0 Å². The molecule has 0 atom stereocenters. The van der Waals surface area contributed by atoms with Gasteiger partial charge < -0.3 is 10.6 Å². The van der Waals surface area contributed by atoms with Crippen LogP contribution in [0.15, 0.2) is 42.5 Å². The van der Waals surface area contributed by atoms with Crippen molar-refractivity contribution in [3.8, 4) is 0 Å². The van der Waals surface area contributed by atoms with Gasteiger partial charge in [0.25, 0.3) is 0 Å². The average Bonchev–Trinajstić information content (AvgIpc) is 2.55. The number of halogens is 5. The number of alkyl halides is 3. The molecule has 134 valence electrons. The second-order valence-electron chi connectivity index (χ2n) is 5.30. The van der Waals surface area contributed by atoms with Gasteiger partial charge in [0, 0.05) is 18.1 Å². The Balaban J connectivity index is 1.81. The molecule has 2 N–H and O–H groups in total. The minimum absolute atomic E-state index is 0.174. The summed E-state index contributed by atoms with van der Waals surface area (Å²) in [6.45, 7) is 0.773. The quantitative estimate of drug-likeness (QED) is 0.665. The number of hydrogen-bond donors (Lipinski definition) is 2. The number of benzene rings is 2. The number of nitrogens with one attached hydrogen (secondary N) is 2. The van der Waals surface area contributed by atoms with E-state index >= 15 is 0 Å². The molecule has 0 aliphatic heterocycles. The Hall–Kier alpha value is -1.50. The second kappa shape index (κ2) is 8.74. The van der Waals surface area contributed by atoms with Crippen molar-refractivity contribution in [3.05, 3.63) is 69.2 Å². The van der Waals surface area contributed by atoms with E-state index in [-0.39, 0.29) is 11.6 Å². The van der Waals surface area contributed by atoms with Gasteiger partial charge >= 0.3 is 6.18 Å². The third-order valence-corrected chi connectivity index (χ3v) is 4.27. The van der Waals surface area contributed by atoms with Crippen molar-refractivity contribution in [1.82, 2.24) is 10.6 Å². The first-order valence-electron chi connectivity index (χ1n) is 7.37. The van der Waals surface area contributed by atoms with Gasteiger partial charge in [0.1, 0.15) is 0 Å². The predicted molar refractivity (Wildman–Crippen MR) is 99.1 cm³/mol. The van der Waals surface area contributed by atoms with Crippen molar-refractivity contribution < 1.29 is 13.2 Å². The molecule has 0 spiro atoms. The van der Waals surface area contributed by atoms with Crippen LogP contribution in [0.25, 0.3) is 0 Å². The summed E-state index contributed by atoms with van der Waals surface area (Å²) in [5.74, 6) is 0. The van der Waals surface area contributed by atoms with Gasteiger partial charge in [-0.3, -0.25) is 0 Å². The molecule has 8 heteroatoms. The molecule has 0 aliphatic carbocycles. The molecule has 25 heavy (non-hydrogen) atoms. The van der Waals surface area contributed by atoms with Crippen LogP contribution >= 0.6 is 35.4 Å². The van der Waals surface area contributed by atoms with Gasteiger partial charge in [-0.05, 0) is 54.0 Å². The molecule has 0 amide bonds. The molecule has 2 aromatic carbocycles. The second-order valence-corrected chi connectivity index (χ2v) is 6.55. The minimum atomic E-state index is -4.48. The van der Waals surface area contributed by atoms with Crippen molar-refractivity contribution >= 4 is 40.5 Å². The Labute approximate surface area is 159 Å². The first kappa shape index (κ1) is 19.8. The maximum atomic E-state index is 12.8. The van der Waals surface area contributed by atoms with Crippen LogP contribution in [-0.4, -0.2) is 11.7 Å². The van der Waals surface area contributed by atoms with Crippen LogP contribution in [0.5, 0.6) is 0 Å². The summed E-state index contributed by atoms with van der Waals surface area (Å²) in [5, 5.41) is 6.62. The summed E-state index contributed by atoms with van der Waals surface area (Å²) >= 11 is 16.5. The van der Waals surface area contributed by atoms with Gasteiger partial charge in [-0.25, -0.2) is 0 Å². The molecule has 2 aromatic rings. The lowest BCUT2D eigenvalue weighted by Crippen LogP contribution is -2.35. The van der Waals surface area contributed by atoms with Crippen LogP contribution in [0.3, 0.4) is 0 Å². The van der Waals surface area contributed by atoms with Gasteiger partial charge in [-0.1, -0.05) is 41.4 Å². The fraction of sp³-hybridized carbons (Fsp3) is 0.235. The molecular weight excluding hydrogens is 392 g/mol. The van der Waals surface area contributed by atoms with Crippen molar-refractivity contribution in [2.24, 2.45) is 0 Å². The zero-order valence-electron chi connectivity index (χ0n) is 13.0. The van der Waals surface area contributed by atoms with E-state index in [0.717, 1.165) is 18.1 Å². The number of rotatable bonds is 5. The summed E-state index contributed by atoms with van der Waals surface area (Å²) in [6.07, 6.45) is -3.73. The lowest BCUT2D eigenvalue weighted by Gasteiger charge is -2.13. The first-order valence-corrected chi connectivity index (χ1v) is 8.54. The zero-order valence-corrected chi connectivity index (χ0v) is 15.3. The fourth-order valence-corrected chi connectivity index (χ4v) is 2.64. The van der Waals surface area contributed by atoms with E-state index in [1.807, 2.05) is 24.3 Å². The van der Waals surface area contributed by atoms with E-state index in [0.29, 0.717) is 22.2 Å². The maximum Gasteiger partial charge on any atom is 0.417 e. The van der Waals surface area contributed by atoms with Gasteiger partial charge in [-0.2, -0.15) is 13.2 Å². The molecule has 0 unspecified atom stereocenters. The third-order valence-electron chi connectivity index (χ3n) is 3.40. The normalized spacial score (nSPS) is 11.2. The maximum absolute atomic E-state index is 12.8. The minimum Gasteiger partial charge on any atom is -0.362 e.